The number of unbranched alkanes of at least 4 members (excludes halogenated alkanes) is 2. The fraction of sp³-hybridized carbons (Fsp3) is 0.571. The molecule has 0 aromatic heterocycles. The zero-order valence-electron chi connectivity index (χ0n) is 11.6. The molecule has 0 saturated carbocycles. The monoisotopic (exact) mass is 266 g/mol. The number of aliphatic hydroxyl groups excluding tert-OH is 1. The average Bonchev–Trinajstić information content (AvgIpc) is 2.38. The van der Waals surface area contributed by atoms with E-state index in [1.165, 1.54) is 0 Å². The van der Waals surface area contributed by atoms with E-state index < -0.39 is 0 Å². The van der Waals surface area contributed by atoms with Crippen LogP contribution in [0.1, 0.15) is 43.4 Å². The van der Waals surface area contributed by atoms with Gasteiger partial charge in [-0.1, -0.05) is 12.1 Å². The summed E-state index contributed by atoms with van der Waals surface area (Å²) in [4.78, 5) is 10.5. The third-order valence-corrected chi connectivity index (χ3v) is 3.22. The standard InChI is InChI=1S/C14H22N2O3/c1-11-6-7-13(10-14(11)16(18)19)12(2)15-8-4-3-5-9-17/h6-7,10,12,15,17H,3-5,8-9H2,1-2H3. The van der Waals surface area contributed by atoms with E-state index in [1.54, 1.807) is 19.1 Å². The molecule has 1 atom stereocenters. The van der Waals surface area contributed by atoms with Gasteiger partial charge in [0.25, 0.3) is 5.69 Å². The van der Waals surface area contributed by atoms with Crippen molar-refractivity contribution in [3.63, 3.8) is 0 Å². The van der Waals surface area contributed by atoms with Gasteiger partial charge in [0.1, 0.15) is 0 Å². The van der Waals surface area contributed by atoms with Gasteiger partial charge in [-0.3, -0.25) is 10.1 Å². The van der Waals surface area contributed by atoms with Crippen LogP contribution < -0.4 is 5.32 Å². The summed E-state index contributed by atoms with van der Waals surface area (Å²) in [5.41, 5.74) is 1.79. The lowest BCUT2D eigenvalue weighted by molar-refractivity contribution is -0.385. The van der Waals surface area contributed by atoms with Gasteiger partial charge < -0.3 is 10.4 Å². The maximum atomic E-state index is 10.9. The lowest BCUT2D eigenvalue weighted by Gasteiger charge is -2.14. The Morgan fingerprint density at radius 2 is 2.11 bits per heavy atom. The van der Waals surface area contributed by atoms with Crippen LogP contribution in [-0.2, 0) is 0 Å². The number of nitrogens with one attached hydrogen (secondary N) is 1. The minimum Gasteiger partial charge on any atom is -0.396 e. The molecule has 1 unspecified atom stereocenters. The smallest absolute Gasteiger partial charge is 0.272 e. The molecule has 1 rings (SSSR count). The van der Waals surface area contributed by atoms with E-state index in [4.69, 9.17) is 5.11 Å². The normalized spacial score (nSPS) is 12.4. The van der Waals surface area contributed by atoms with Crippen LogP contribution in [0.15, 0.2) is 18.2 Å². The molecule has 0 aliphatic rings. The number of aliphatic hydroxyl groups is 1. The topological polar surface area (TPSA) is 75.4 Å². The van der Waals surface area contributed by atoms with Gasteiger partial charge in [0, 0.05) is 24.3 Å². The summed E-state index contributed by atoms with van der Waals surface area (Å²) in [6, 6.07) is 5.44. The summed E-state index contributed by atoms with van der Waals surface area (Å²) < 4.78 is 0. The first-order chi connectivity index (χ1) is 9.06. The van der Waals surface area contributed by atoms with Crippen molar-refractivity contribution in [1.29, 1.82) is 0 Å². The van der Waals surface area contributed by atoms with Gasteiger partial charge in [0.05, 0.1) is 4.92 Å². The number of nitrogens with zero attached hydrogens (tertiary/aromatic N) is 1. The number of rotatable bonds is 8. The molecule has 2 N–H and O–H groups in total. The molecule has 5 nitrogen and oxygen atoms in total. The number of nitro benzene ring substituents is 1. The third-order valence-electron chi connectivity index (χ3n) is 3.22. The molecule has 0 heterocycles. The van der Waals surface area contributed by atoms with Crippen LogP contribution in [0.25, 0.3) is 0 Å². The first kappa shape index (κ1) is 15.6. The molecule has 0 bridgehead atoms. The minimum absolute atomic E-state index is 0.0911. The van der Waals surface area contributed by atoms with Crippen LogP contribution in [-0.4, -0.2) is 23.2 Å². The Kier molecular flexibility index (Phi) is 6.45. The minimum atomic E-state index is -0.340. The quantitative estimate of drug-likeness (QED) is 0.431. The van der Waals surface area contributed by atoms with Gasteiger partial charge in [-0.25, -0.2) is 0 Å². The average molecular weight is 266 g/mol. The van der Waals surface area contributed by atoms with Crippen LogP contribution in [0.5, 0.6) is 0 Å². The van der Waals surface area contributed by atoms with Crippen molar-refractivity contribution in [2.24, 2.45) is 0 Å². The largest absolute Gasteiger partial charge is 0.396 e. The van der Waals surface area contributed by atoms with Crippen LogP contribution in [0.3, 0.4) is 0 Å². The summed E-state index contributed by atoms with van der Waals surface area (Å²) >= 11 is 0. The zero-order chi connectivity index (χ0) is 14.3. The summed E-state index contributed by atoms with van der Waals surface area (Å²) in [6.07, 6.45) is 2.81. The van der Waals surface area contributed by atoms with E-state index >= 15 is 0 Å². The van der Waals surface area contributed by atoms with Gasteiger partial charge in [-0.2, -0.15) is 0 Å². The zero-order valence-corrected chi connectivity index (χ0v) is 11.6. The van der Waals surface area contributed by atoms with E-state index in [9.17, 15) is 10.1 Å². The van der Waals surface area contributed by atoms with Crippen LogP contribution in [0.4, 0.5) is 5.69 Å². The maximum Gasteiger partial charge on any atom is 0.272 e. The second-order valence-electron chi connectivity index (χ2n) is 4.76. The van der Waals surface area contributed by atoms with E-state index in [0.29, 0.717) is 5.56 Å². The van der Waals surface area contributed by atoms with Crippen molar-refractivity contribution in [2.75, 3.05) is 13.2 Å². The highest BCUT2D eigenvalue weighted by atomic mass is 16.6. The van der Waals surface area contributed by atoms with Gasteiger partial charge in [-0.15, -0.1) is 0 Å². The Balaban J connectivity index is 2.55. The highest BCUT2D eigenvalue weighted by molar-refractivity contribution is 5.43. The lowest BCUT2D eigenvalue weighted by Crippen LogP contribution is -2.20. The molecule has 0 saturated heterocycles. The fourth-order valence-electron chi connectivity index (χ4n) is 1.94. The molecule has 0 fully saturated rings. The van der Waals surface area contributed by atoms with Crippen LogP contribution >= 0.6 is 0 Å². The van der Waals surface area contributed by atoms with E-state index in [2.05, 4.69) is 5.32 Å². The van der Waals surface area contributed by atoms with Gasteiger partial charge in [0.2, 0.25) is 0 Å². The summed E-state index contributed by atoms with van der Waals surface area (Å²) in [7, 11) is 0. The number of benzene rings is 1. The molecule has 1 aromatic rings. The fourth-order valence-corrected chi connectivity index (χ4v) is 1.94. The van der Waals surface area contributed by atoms with Crippen molar-refractivity contribution in [2.45, 2.75) is 39.2 Å². The number of aryl methyl sites for hydroxylation is 1. The molecule has 0 amide bonds. The molecule has 106 valence electrons. The Labute approximate surface area is 113 Å². The Morgan fingerprint density at radius 1 is 1.37 bits per heavy atom. The number of hydrogen-bond acceptors (Lipinski definition) is 4. The second-order valence-corrected chi connectivity index (χ2v) is 4.76. The van der Waals surface area contributed by atoms with Crippen LogP contribution in [0.2, 0.25) is 0 Å². The maximum absolute atomic E-state index is 10.9. The molecule has 19 heavy (non-hydrogen) atoms. The highest BCUT2D eigenvalue weighted by Crippen LogP contribution is 2.23. The number of hydrogen-bond donors (Lipinski definition) is 2. The first-order valence-electron chi connectivity index (χ1n) is 6.65. The Morgan fingerprint density at radius 3 is 2.74 bits per heavy atom. The predicted molar refractivity (Wildman–Crippen MR) is 75.2 cm³/mol. The van der Waals surface area contributed by atoms with Crippen molar-refractivity contribution >= 4 is 5.69 Å². The van der Waals surface area contributed by atoms with Crippen molar-refractivity contribution in [3.8, 4) is 0 Å². The lowest BCUT2D eigenvalue weighted by atomic mass is 10.0. The predicted octanol–water partition coefficient (Wildman–Crippen LogP) is 2.72. The molecule has 0 radical (unpaired) electrons. The van der Waals surface area contributed by atoms with Gasteiger partial charge >= 0.3 is 0 Å². The molecule has 0 aliphatic heterocycles. The molecule has 5 heteroatoms. The molecular weight excluding hydrogens is 244 g/mol. The molecule has 1 aromatic carbocycles. The summed E-state index contributed by atoms with van der Waals surface area (Å²) in [5.74, 6) is 0. The SMILES string of the molecule is Cc1ccc(C(C)NCCCCCO)cc1[N+](=O)[O-]. The van der Waals surface area contributed by atoms with Crippen LogP contribution in [0, 0.1) is 17.0 Å². The summed E-state index contributed by atoms with van der Waals surface area (Å²) in [6.45, 7) is 4.83. The van der Waals surface area contributed by atoms with Crippen molar-refractivity contribution in [1.82, 2.24) is 5.32 Å². The highest BCUT2D eigenvalue weighted by Gasteiger charge is 2.13. The molecular formula is C14H22N2O3. The van der Waals surface area contributed by atoms with E-state index in [1.807, 2.05) is 13.0 Å². The van der Waals surface area contributed by atoms with Crippen molar-refractivity contribution in [3.05, 3.63) is 39.4 Å². The first-order valence-corrected chi connectivity index (χ1v) is 6.65. The molecule has 0 aliphatic carbocycles. The third kappa shape index (κ3) is 4.96. The molecule has 0 spiro atoms. The summed E-state index contributed by atoms with van der Waals surface area (Å²) in [5, 5.41) is 22.9. The van der Waals surface area contributed by atoms with Gasteiger partial charge in [-0.05, 0) is 45.2 Å². The number of nitro groups is 1. The Hall–Kier alpha value is -1.46. The Bertz CT molecular complexity index is 421. The van der Waals surface area contributed by atoms with E-state index in [0.717, 1.165) is 31.4 Å². The van der Waals surface area contributed by atoms with Crippen molar-refractivity contribution < 1.29 is 10.0 Å². The van der Waals surface area contributed by atoms with Gasteiger partial charge in [0.15, 0.2) is 0 Å². The van der Waals surface area contributed by atoms with E-state index in [-0.39, 0.29) is 23.3 Å². The second kappa shape index (κ2) is 7.86.